The molecule has 7 heteroatoms. The molecule has 7 nitrogen and oxygen atoms in total. The molecule has 2 aromatic carbocycles. The number of likely N-dealkylation sites (tertiary alicyclic amines) is 1. The molecule has 1 fully saturated rings. The van der Waals surface area contributed by atoms with Gasteiger partial charge in [-0.1, -0.05) is 48.5 Å². The summed E-state index contributed by atoms with van der Waals surface area (Å²) in [5, 5.41) is 17.7. The zero-order valence-electron chi connectivity index (χ0n) is 17.6. The van der Waals surface area contributed by atoms with Gasteiger partial charge in [0.1, 0.15) is 19.0 Å². The molecule has 1 N–H and O–H groups in total. The number of piperidine rings is 1. The van der Waals surface area contributed by atoms with E-state index in [0.29, 0.717) is 25.5 Å². The number of rotatable bonds is 4. The van der Waals surface area contributed by atoms with Crippen molar-refractivity contribution in [3.63, 3.8) is 0 Å². The van der Waals surface area contributed by atoms with Crippen LogP contribution in [-0.2, 0) is 18.4 Å². The number of hydrogen-bond acceptors (Lipinski definition) is 5. The van der Waals surface area contributed by atoms with Gasteiger partial charge < -0.3 is 19.3 Å². The highest BCUT2D eigenvalue weighted by molar-refractivity contribution is 5.79. The molecule has 31 heavy (non-hydrogen) atoms. The Bertz CT molecular complexity index is 1060. The second-order valence-corrected chi connectivity index (χ2v) is 8.28. The molecule has 1 aliphatic heterocycles. The molecular formula is C24H26N4O3. The first kappa shape index (κ1) is 19.8. The van der Waals surface area contributed by atoms with Gasteiger partial charge in [0, 0.05) is 32.0 Å². The summed E-state index contributed by atoms with van der Waals surface area (Å²) in [7, 11) is 1.85. The van der Waals surface area contributed by atoms with Crippen molar-refractivity contribution in [1.82, 2.24) is 19.7 Å². The van der Waals surface area contributed by atoms with Crippen molar-refractivity contribution < 1.29 is 14.6 Å². The van der Waals surface area contributed by atoms with Gasteiger partial charge in [-0.3, -0.25) is 0 Å². The highest BCUT2D eigenvalue weighted by atomic mass is 16.6. The van der Waals surface area contributed by atoms with Gasteiger partial charge in [-0.05, 0) is 35.1 Å². The average Bonchev–Trinajstić information content (AvgIpc) is 3.35. The minimum absolute atomic E-state index is 0.0581. The summed E-state index contributed by atoms with van der Waals surface area (Å²) in [6.07, 6.45) is 1.54. The third kappa shape index (κ3) is 3.49. The number of benzene rings is 2. The van der Waals surface area contributed by atoms with Crippen LogP contribution in [0.3, 0.4) is 0 Å². The Balaban J connectivity index is 1.28. The van der Waals surface area contributed by atoms with Crippen LogP contribution in [0.25, 0.3) is 11.1 Å². The molecule has 3 aromatic rings. The van der Waals surface area contributed by atoms with Gasteiger partial charge in [0.05, 0.1) is 0 Å². The van der Waals surface area contributed by atoms with Gasteiger partial charge in [0.25, 0.3) is 0 Å². The number of hydrogen-bond donors (Lipinski definition) is 1. The van der Waals surface area contributed by atoms with Crippen molar-refractivity contribution in [2.75, 3.05) is 19.7 Å². The molecule has 0 spiro atoms. The van der Waals surface area contributed by atoms with Crippen LogP contribution < -0.4 is 0 Å². The Labute approximate surface area is 181 Å². The average molecular weight is 418 g/mol. The van der Waals surface area contributed by atoms with Crippen LogP contribution in [0, 0.1) is 0 Å². The number of aromatic nitrogens is 3. The van der Waals surface area contributed by atoms with Crippen LogP contribution in [0.1, 0.15) is 47.5 Å². The first-order valence-corrected chi connectivity index (χ1v) is 10.8. The van der Waals surface area contributed by atoms with E-state index in [4.69, 9.17) is 4.74 Å². The zero-order valence-corrected chi connectivity index (χ0v) is 17.6. The summed E-state index contributed by atoms with van der Waals surface area (Å²) in [6, 6.07) is 16.7. The highest BCUT2D eigenvalue weighted by Crippen LogP contribution is 2.44. The normalized spacial score (nSPS) is 18.0. The Hall–Kier alpha value is -3.19. The first-order chi connectivity index (χ1) is 15.2. The molecule has 0 radical (unpaired) electrons. The predicted molar refractivity (Wildman–Crippen MR) is 116 cm³/mol. The van der Waals surface area contributed by atoms with Gasteiger partial charge >= 0.3 is 6.09 Å². The van der Waals surface area contributed by atoms with Crippen LogP contribution in [0.5, 0.6) is 0 Å². The van der Waals surface area contributed by atoms with Crippen LogP contribution in [0.4, 0.5) is 4.79 Å². The Morgan fingerprint density at radius 3 is 2.42 bits per heavy atom. The summed E-state index contributed by atoms with van der Waals surface area (Å²) in [5.74, 6) is 1.49. The number of aliphatic hydroxyl groups excluding tert-OH is 1. The maximum absolute atomic E-state index is 12.9. The van der Waals surface area contributed by atoms with E-state index in [-0.39, 0.29) is 24.5 Å². The third-order valence-corrected chi connectivity index (χ3v) is 6.52. The fraction of sp³-hybridized carbons (Fsp3) is 0.375. The molecule has 1 amide bonds. The lowest BCUT2D eigenvalue weighted by atomic mass is 9.97. The summed E-state index contributed by atoms with van der Waals surface area (Å²) < 4.78 is 7.65. The van der Waals surface area contributed by atoms with E-state index in [9.17, 15) is 9.90 Å². The van der Waals surface area contributed by atoms with E-state index in [1.54, 1.807) is 4.90 Å². The molecule has 1 atom stereocenters. The standard InChI is InChI=1S/C24H26N4O3/c1-27-22(14-29)25-26-23(27)16-7-6-12-28(13-16)24(30)31-15-21-19-10-4-2-8-17(19)18-9-3-5-11-20(18)21/h2-5,8-11,16,21,29H,6-7,12-15H2,1H3. The van der Waals surface area contributed by atoms with Gasteiger partial charge in [-0.25, -0.2) is 4.79 Å². The van der Waals surface area contributed by atoms with Crippen LogP contribution >= 0.6 is 0 Å². The number of nitrogens with zero attached hydrogens (tertiary/aromatic N) is 4. The van der Waals surface area contributed by atoms with Crippen molar-refractivity contribution in [2.45, 2.75) is 31.3 Å². The fourth-order valence-electron chi connectivity index (χ4n) is 4.91. The summed E-state index contributed by atoms with van der Waals surface area (Å²) in [6.45, 7) is 1.41. The Morgan fingerprint density at radius 2 is 1.77 bits per heavy atom. The molecule has 1 aromatic heterocycles. The lowest BCUT2D eigenvalue weighted by Gasteiger charge is -2.31. The van der Waals surface area contributed by atoms with Crippen molar-refractivity contribution in [3.8, 4) is 11.1 Å². The van der Waals surface area contributed by atoms with Crippen molar-refractivity contribution in [1.29, 1.82) is 0 Å². The quantitative estimate of drug-likeness (QED) is 0.702. The van der Waals surface area contributed by atoms with Crippen molar-refractivity contribution in [3.05, 3.63) is 71.3 Å². The molecule has 2 heterocycles. The lowest BCUT2D eigenvalue weighted by Crippen LogP contribution is -2.40. The molecular weight excluding hydrogens is 392 g/mol. The second-order valence-electron chi connectivity index (χ2n) is 8.28. The summed E-state index contributed by atoms with van der Waals surface area (Å²) in [4.78, 5) is 14.7. The number of fused-ring (bicyclic) bond motifs is 3. The summed E-state index contributed by atoms with van der Waals surface area (Å²) in [5.41, 5.74) is 4.87. The molecule has 160 valence electrons. The SMILES string of the molecule is Cn1c(CO)nnc1C1CCCN(C(=O)OCC2c3ccccc3-c3ccccc32)C1. The molecule has 0 bridgehead atoms. The minimum atomic E-state index is -0.281. The Morgan fingerprint density at radius 1 is 1.10 bits per heavy atom. The largest absolute Gasteiger partial charge is 0.448 e. The topological polar surface area (TPSA) is 80.5 Å². The van der Waals surface area contributed by atoms with Gasteiger partial charge in [0.2, 0.25) is 0 Å². The minimum Gasteiger partial charge on any atom is -0.448 e. The zero-order chi connectivity index (χ0) is 21.4. The number of aliphatic hydroxyl groups is 1. The molecule has 2 aliphatic rings. The monoisotopic (exact) mass is 418 g/mol. The number of ether oxygens (including phenoxy) is 1. The van der Waals surface area contributed by atoms with Gasteiger partial charge in [-0.15, -0.1) is 10.2 Å². The van der Waals surface area contributed by atoms with Crippen molar-refractivity contribution >= 4 is 6.09 Å². The molecule has 1 unspecified atom stereocenters. The fourth-order valence-corrected chi connectivity index (χ4v) is 4.91. The highest BCUT2D eigenvalue weighted by Gasteiger charge is 2.32. The summed E-state index contributed by atoms with van der Waals surface area (Å²) >= 11 is 0. The molecule has 5 rings (SSSR count). The van der Waals surface area contributed by atoms with Crippen LogP contribution in [0.15, 0.2) is 48.5 Å². The second kappa shape index (κ2) is 8.15. The number of carbonyl (C=O) groups excluding carboxylic acids is 1. The van der Waals surface area contributed by atoms with E-state index >= 15 is 0 Å². The number of carbonyl (C=O) groups is 1. The maximum atomic E-state index is 12.9. The van der Waals surface area contributed by atoms with E-state index in [1.165, 1.54) is 22.3 Å². The maximum Gasteiger partial charge on any atom is 0.409 e. The van der Waals surface area contributed by atoms with E-state index < -0.39 is 0 Å². The van der Waals surface area contributed by atoms with Gasteiger partial charge in [0.15, 0.2) is 5.82 Å². The number of amides is 1. The molecule has 1 aliphatic carbocycles. The lowest BCUT2D eigenvalue weighted by molar-refractivity contribution is 0.0884. The van der Waals surface area contributed by atoms with E-state index in [2.05, 4.69) is 34.5 Å². The predicted octanol–water partition coefficient (Wildman–Crippen LogP) is 3.44. The molecule has 1 saturated heterocycles. The van der Waals surface area contributed by atoms with Crippen LogP contribution in [0.2, 0.25) is 0 Å². The van der Waals surface area contributed by atoms with Crippen LogP contribution in [-0.4, -0.2) is 50.6 Å². The Kier molecular flexibility index (Phi) is 5.19. The van der Waals surface area contributed by atoms with Gasteiger partial charge in [-0.2, -0.15) is 0 Å². The van der Waals surface area contributed by atoms with Crippen molar-refractivity contribution in [2.24, 2.45) is 7.05 Å². The third-order valence-electron chi connectivity index (χ3n) is 6.52. The van der Waals surface area contributed by atoms with E-state index in [1.807, 2.05) is 35.9 Å². The smallest absolute Gasteiger partial charge is 0.409 e. The van der Waals surface area contributed by atoms with E-state index in [0.717, 1.165) is 18.7 Å². The first-order valence-electron chi connectivity index (χ1n) is 10.8. The molecule has 0 saturated carbocycles.